The maximum atomic E-state index is 5.53. The maximum absolute atomic E-state index is 5.53. The first-order valence-electron chi connectivity index (χ1n) is 7.73. The SMILES string of the molecule is COc1c(C)cnc(CN2CCNCc3ccccc32)c1C.Cl.Cl. The fourth-order valence-electron chi connectivity index (χ4n) is 3.10. The minimum absolute atomic E-state index is 0. The third-order valence-electron chi connectivity index (χ3n) is 4.30. The third-order valence-corrected chi connectivity index (χ3v) is 4.30. The zero-order chi connectivity index (χ0) is 15.5. The summed E-state index contributed by atoms with van der Waals surface area (Å²) in [6.07, 6.45) is 1.91. The molecule has 1 aliphatic rings. The summed E-state index contributed by atoms with van der Waals surface area (Å²) >= 11 is 0. The Balaban J connectivity index is 0.00000144. The van der Waals surface area contributed by atoms with E-state index in [1.807, 2.05) is 13.1 Å². The van der Waals surface area contributed by atoms with Crippen molar-refractivity contribution >= 4 is 30.5 Å². The Hall–Kier alpha value is -1.49. The van der Waals surface area contributed by atoms with Gasteiger partial charge in [0.25, 0.3) is 0 Å². The molecule has 0 saturated carbocycles. The molecule has 0 unspecified atom stereocenters. The summed E-state index contributed by atoms with van der Waals surface area (Å²) in [7, 11) is 1.73. The Kier molecular flexibility index (Phi) is 7.80. The molecule has 2 heterocycles. The number of nitrogens with one attached hydrogen (secondary N) is 1. The molecule has 0 atom stereocenters. The number of anilines is 1. The van der Waals surface area contributed by atoms with Crippen LogP contribution in [0, 0.1) is 13.8 Å². The van der Waals surface area contributed by atoms with Crippen molar-refractivity contribution in [3.8, 4) is 5.75 Å². The molecule has 0 spiro atoms. The van der Waals surface area contributed by atoms with E-state index >= 15 is 0 Å². The molecule has 132 valence electrons. The molecule has 1 aliphatic heterocycles. The van der Waals surface area contributed by atoms with Crippen LogP contribution in [-0.2, 0) is 13.1 Å². The van der Waals surface area contributed by atoms with E-state index in [1.165, 1.54) is 11.3 Å². The number of pyridine rings is 1. The number of hydrogen-bond donors (Lipinski definition) is 1. The second kappa shape index (κ2) is 9.11. The van der Waals surface area contributed by atoms with Gasteiger partial charge in [0.15, 0.2) is 0 Å². The second-order valence-electron chi connectivity index (χ2n) is 5.77. The molecule has 0 fully saturated rings. The number of aromatic nitrogens is 1. The molecule has 0 aliphatic carbocycles. The van der Waals surface area contributed by atoms with Gasteiger partial charge >= 0.3 is 0 Å². The number of para-hydroxylation sites is 1. The Morgan fingerprint density at radius 1 is 1.21 bits per heavy atom. The number of fused-ring (bicyclic) bond motifs is 1. The van der Waals surface area contributed by atoms with E-state index in [4.69, 9.17) is 4.74 Å². The molecule has 1 N–H and O–H groups in total. The highest BCUT2D eigenvalue weighted by Gasteiger charge is 2.17. The number of benzene rings is 1. The molecule has 6 heteroatoms. The molecule has 2 aromatic rings. The summed E-state index contributed by atoms with van der Waals surface area (Å²) in [6, 6.07) is 8.59. The predicted molar refractivity (Wildman–Crippen MR) is 104 cm³/mol. The third kappa shape index (κ3) is 4.12. The van der Waals surface area contributed by atoms with E-state index in [9.17, 15) is 0 Å². The van der Waals surface area contributed by atoms with Gasteiger partial charge in [-0.3, -0.25) is 4.98 Å². The molecular formula is C18H25Cl2N3O. The average molecular weight is 370 g/mol. The van der Waals surface area contributed by atoms with Gasteiger partial charge in [0.05, 0.1) is 19.3 Å². The zero-order valence-electron chi connectivity index (χ0n) is 14.3. The lowest BCUT2D eigenvalue weighted by molar-refractivity contribution is 0.406. The van der Waals surface area contributed by atoms with E-state index in [0.717, 1.165) is 48.7 Å². The first-order valence-corrected chi connectivity index (χ1v) is 7.73. The molecular weight excluding hydrogens is 345 g/mol. The first kappa shape index (κ1) is 20.6. The smallest absolute Gasteiger partial charge is 0.128 e. The summed E-state index contributed by atoms with van der Waals surface area (Å²) in [5.41, 5.74) is 5.95. The molecule has 0 radical (unpaired) electrons. The number of methoxy groups -OCH3 is 1. The minimum atomic E-state index is 0. The van der Waals surface area contributed by atoms with Crippen molar-refractivity contribution in [1.29, 1.82) is 0 Å². The van der Waals surface area contributed by atoms with Gasteiger partial charge in [-0.2, -0.15) is 0 Å². The first-order chi connectivity index (χ1) is 10.7. The summed E-state index contributed by atoms with van der Waals surface area (Å²) in [6.45, 7) is 7.83. The van der Waals surface area contributed by atoms with Crippen molar-refractivity contribution in [3.63, 3.8) is 0 Å². The number of nitrogens with zero attached hydrogens (tertiary/aromatic N) is 2. The number of halogens is 2. The molecule has 0 amide bonds. The van der Waals surface area contributed by atoms with Gasteiger partial charge in [0.2, 0.25) is 0 Å². The second-order valence-corrected chi connectivity index (χ2v) is 5.77. The van der Waals surface area contributed by atoms with Gasteiger partial charge in [-0.1, -0.05) is 18.2 Å². The van der Waals surface area contributed by atoms with Gasteiger partial charge in [-0.15, -0.1) is 24.8 Å². The van der Waals surface area contributed by atoms with Crippen molar-refractivity contribution in [2.75, 3.05) is 25.1 Å². The van der Waals surface area contributed by atoms with Crippen LogP contribution >= 0.6 is 24.8 Å². The van der Waals surface area contributed by atoms with Gasteiger partial charge in [-0.05, 0) is 25.5 Å². The van der Waals surface area contributed by atoms with Crippen LogP contribution in [0.3, 0.4) is 0 Å². The van der Waals surface area contributed by atoms with Crippen LogP contribution in [0.4, 0.5) is 5.69 Å². The number of hydrogen-bond acceptors (Lipinski definition) is 4. The highest BCUT2D eigenvalue weighted by atomic mass is 35.5. The van der Waals surface area contributed by atoms with Gasteiger partial charge < -0.3 is 15.0 Å². The van der Waals surface area contributed by atoms with Crippen molar-refractivity contribution in [2.45, 2.75) is 26.9 Å². The van der Waals surface area contributed by atoms with Crippen LogP contribution in [0.2, 0.25) is 0 Å². The lowest BCUT2D eigenvalue weighted by Gasteiger charge is -2.25. The molecule has 0 bridgehead atoms. The lowest BCUT2D eigenvalue weighted by atomic mass is 10.1. The van der Waals surface area contributed by atoms with E-state index < -0.39 is 0 Å². The maximum Gasteiger partial charge on any atom is 0.128 e. The van der Waals surface area contributed by atoms with Gasteiger partial charge in [0, 0.05) is 42.6 Å². The lowest BCUT2D eigenvalue weighted by Crippen LogP contribution is -2.29. The number of rotatable bonds is 3. The normalized spacial score (nSPS) is 13.2. The molecule has 0 saturated heterocycles. The molecule has 24 heavy (non-hydrogen) atoms. The fourth-order valence-corrected chi connectivity index (χ4v) is 3.10. The highest BCUT2D eigenvalue weighted by Crippen LogP contribution is 2.28. The quantitative estimate of drug-likeness (QED) is 0.895. The molecule has 1 aromatic heterocycles. The Bertz CT molecular complexity index is 679. The highest BCUT2D eigenvalue weighted by molar-refractivity contribution is 5.85. The number of aryl methyl sites for hydroxylation is 1. The Morgan fingerprint density at radius 2 is 1.96 bits per heavy atom. The average Bonchev–Trinajstić information content (AvgIpc) is 2.73. The summed E-state index contributed by atoms with van der Waals surface area (Å²) in [5.74, 6) is 0.950. The van der Waals surface area contributed by atoms with Crippen molar-refractivity contribution in [2.24, 2.45) is 0 Å². The van der Waals surface area contributed by atoms with Crippen LogP contribution in [0.25, 0.3) is 0 Å². The van der Waals surface area contributed by atoms with E-state index in [0.29, 0.717) is 0 Å². The van der Waals surface area contributed by atoms with Crippen LogP contribution in [0.5, 0.6) is 5.75 Å². The molecule has 3 rings (SSSR count). The standard InChI is InChI=1S/C18H23N3O.2ClH/c1-13-10-20-16(14(2)18(13)22-3)12-21-9-8-19-11-15-6-4-5-7-17(15)21;;/h4-7,10,19H,8-9,11-12H2,1-3H3;2*1H. The van der Waals surface area contributed by atoms with Gasteiger partial charge in [0.1, 0.15) is 5.75 Å². The summed E-state index contributed by atoms with van der Waals surface area (Å²) in [4.78, 5) is 7.04. The van der Waals surface area contributed by atoms with Crippen molar-refractivity contribution in [1.82, 2.24) is 10.3 Å². The molecule has 1 aromatic carbocycles. The monoisotopic (exact) mass is 369 g/mol. The van der Waals surface area contributed by atoms with Gasteiger partial charge in [-0.25, -0.2) is 0 Å². The van der Waals surface area contributed by atoms with Crippen LogP contribution in [-0.4, -0.2) is 25.2 Å². The topological polar surface area (TPSA) is 37.4 Å². The largest absolute Gasteiger partial charge is 0.496 e. The van der Waals surface area contributed by atoms with Crippen LogP contribution < -0.4 is 15.0 Å². The minimum Gasteiger partial charge on any atom is -0.496 e. The Labute approximate surface area is 156 Å². The van der Waals surface area contributed by atoms with Crippen molar-refractivity contribution < 1.29 is 4.74 Å². The number of ether oxygens (including phenoxy) is 1. The fraction of sp³-hybridized carbons (Fsp3) is 0.389. The van der Waals surface area contributed by atoms with Crippen molar-refractivity contribution in [3.05, 3.63) is 52.8 Å². The predicted octanol–water partition coefficient (Wildman–Crippen LogP) is 3.66. The van der Waals surface area contributed by atoms with Crippen LogP contribution in [0.1, 0.15) is 22.4 Å². The Morgan fingerprint density at radius 3 is 2.71 bits per heavy atom. The summed E-state index contributed by atoms with van der Waals surface area (Å²) in [5, 5.41) is 3.48. The summed E-state index contributed by atoms with van der Waals surface area (Å²) < 4.78 is 5.53. The molecule has 4 nitrogen and oxygen atoms in total. The van der Waals surface area contributed by atoms with E-state index in [-0.39, 0.29) is 24.8 Å². The zero-order valence-corrected chi connectivity index (χ0v) is 16.0. The van der Waals surface area contributed by atoms with E-state index in [2.05, 4.69) is 46.4 Å². The van der Waals surface area contributed by atoms with Crippen LogP contribution in [0.15, 0.2) is 30.5 Å². The van der Waals surface area contributed by atoms with E-state index in [1.54, 1.807) is 7.11 Å².